The number of likely N-dealkylation sites (tertiary alicyclic amines) is 1. The number of nitrogens with zero attached hydrogens (tertiary/aromatic N) is 3. The van der Waals surface area contributed by atoms with E-state index in [0.29, 0.717) is 50.0 Å². The molecule has 2 aliphatic rings. The van der Waals surface area contributed by atoms with Gasteiger partial charge in [0.25, 0.3) is 0 Å². The maximum atomic E-state index is 14.3. The number of aliphatic hydroxyl groups is 1. The van der Waals surface area contributed by atoms with Crippen LogP contribution in [-0.4, -0.2) is 51.0 Å². The molecule has 43 heavy (non-hydrogen) atoms. The van der Waals surface area contributed by atoms with Gasteiger partial charge in [0, 0.05) is 29.8 Å². The van der Waals surface area contributed by atoms with E-state index in [9.17, 15) is 28.2 Å². The van der Waals surface area contributed by atoms with Crippen LogP contribution >= 0.6 is 0 Å². The van der Waals surface area contributed by atoms with Gasteiger partial charge in [0.05, 0.1) is 5.92 Å². The van der Waals surface area contributed by atoms with E-state index in [1.165, 1.54) is 12.1 Å². The van der Waals surface area contributed by atoms with Gasteiger partial charge in [-0.2, -0.15) is 13.2 Å². The first kappa shape index (κ1) is 29.1. The zero-order chi connectivity index (χ0) is 30.5. The fourth-order valence-electron chi connectivity index (χ4n) is 6.53. The number of aromatic nitrogens is 2. The average molecular weight is 596 g/mol. The molecular formula is C32H32F3N3O5. The molecule has 3 heterocycles. The highest BCUT2D eigenvalue weighted by molar-refractivity contribution is 5.79. The minimum atomic E-state index is -4.75. The molecule has 0 amide bonds. The van der Waals surface area contributed by atoms with Crippen LogP contribution in [0, 0.1) is 12.8 Å². The average Bonchev–Trinajstić information content (AvgIpc) is 3.62. The van der Waals surface area contributed by atoms with E-state index in [0.717, 1.165) is 35.2 Å². The number of benzene rings is 2. The molecule has 2 N–H and O–H groups in total. The van der Waals surface area contributed by atoms with E-state index in [1.807, 2.05) is 30.9 Å². The van der Waals surface area contributed by atoms with Crippen molar-refractivity contribution in [3.8, 4) is 34.0 Å². The molecule has 1 fully saturated rings. The molecule has 11 heteroatoms. The van der Waals surface area contributed by atoms with E-state index in [4.69, 9.17) is 9.05 Å². The SMILES string of the molecule is CC[C@@](O)(CN1CCC[C@H](C(=O)O)C1)c1cc2c(cc1C)-c1noc(-c3noc(-c4ccccc4)c3C(F)(F)F)c1CC2. The van der Waals surface area contributed by atoms with Crippen LogP contribution in [0.5, 0.6) is 0 Å². The number of β-amino-alcohol motifs (C(OH)–C–C–N with tert-alkyl or cyclic N) is 1. The molecule has 0 spiro atoms. The van der Waals surface area contributed by atoms with Crippen LogP contribution in [0.15, 0.2) is 51.5 Å². The zero-order valence-electron chi connectivity index (χ0n) is 23.9. The van der Waals surface area contributed by atoms with Crippen molar-refractivity contribution in [1.82, 2.24) is 15.2 Å². The van der Waals surface area contributed by atoms with Gasteiger partial charge < -0.3 is 19.3 Å². The van der Waals surface area contributed by atoms with Crippen molar-refractivity contribution < 1.29 is 37.2 Å². The van der Waals surface area contributed by atoms with E-state index in [2.05, 4.69) is 10.3 Å². The lowest BCUT2D eigenvalue weighted by Crippen LogP contribution is -2.46. The number of hydrogen-bond donors (Lipinski definition) is 2. The number of carboxylic acid groups (broad SMARTS) is 1. The number of carboxylic acids is 1. The Balaban J connectivity index is 1.35. The fraction of sp³-hybridized carbons (Fsp3) is 0.406. The summed E-state index contributed by atoms with van der Waals surface area (Å²) in [6.45, 7) is 5.20. The number of fused-ring (bicyclic) bond motifs is 3. The van der Waals surface area contributed by atoms with Gasteiger partial charge in [-0.1, -0.05) is 53.6 Å². The minimum absolute atomic E-state index is 0.0659. The highest BCUT2D eigenvalue weighted by Gasteiger charge is 2.44. The molecule has 226 valence electrons. The molecule has 2 atom stereocenters. The number of hydrogen-bond acceptors (Lipinski definition) is 7. The van der Waals surface area contributed by atoms with Crippen LogP contribution in [0.4, 0.5) is 13.2 Å². The summed E-state index contributed by atoms with van der Waals surface area (Å²) in [5.74, 6) is -1.72. The molecule has 1 aliphatic carbocycles. The standard InChI is InChI=1S/C32H32F3N3O5/c1-3-31(41,17-38-13-7-10-21(16-38)30(39)40)24-15-20-11-12-22-26(23(20)14-18(24)2)36-43-29(22)27-25(32(33,34)35)28(42-37-27)19-8-5-4-6-9-19/h4-6,8-9,14-15,21,41H,3,7,10-13,16-17H2,1-2H3,(H,39,40)/t21-,31+/m0/s1. The Bertz CT molecular complexity index is 1660. The molecule has 8 nitrogen and oxygen atoms in total. The third kappa shape index (κ3) is 5.25. The normalized spacial score (nSPS) is 18.6. The molecule has 0 bridgehead atoms. The second-order valence-electron chi connectivity index (χ2n) is 11.6. The van der Waals surface area contributed by atoms with Crippen LogP contribution in [0.3, 0.4) is 0 Å². The molecule has 6 rings (SSSR count). The number of aryl methyl sites for hydroxylation is 2. The number of alkyl halides is 3. The van der Waals surface area contributed by atoms with Gasteiger partial charge in [0.15, 0.2) is 17.2 Å². The maximum absolute atomic E-state index is 14.3. The second-order valence-corrected chi connectivity index (χ2v) is 11.6. The number of rotatable bonds is 7. The van der Waals surface area contributed by atoms with Gasteiger partial charge in [0.2, 0.25) is 0 Å². The van der Waals surface area contributed by atoms with Crippen LogP contribution in [-0.2, 0) is 29.4 Å². The quantitative estimate of drug-likeness (QED) is 0.250. The summed E-state index contributed by atoms with van der Waals surface area (Å²) in [5.41, 5.74) is 1.78. The largest absolute Gasteiger partial charge is 0.481 e. The third-order valence-corrected chi connectivity index (χ3v) is 8.79. The first-order chi connectivity index (χ1) is 20.5. The van der Waals surface area contributed by atoms with Gasteiger partial charge in [0.1, 0.15) is 16.9 Å². The summed E-state index contributed by atoms with van der Waals surface area (Å²) in [6, 6.07) is 11.9. The molecule has 1 saturated heterocycles. The summed E-state index contributed by atoms with van der Waals surface area (Å²) in [6.07, 6.45) is -2.07. The van der Waals surface area contributed by atoms with Crippen LogP contribution in [0.1, 0.15) is 54.0 Å². The number of piperidine rings is 1. The number of carbonyl (C=O) groups is 1. The van der Waals surface area contributed by atoms with Crippen molar-refractivity contribution in [3.05, 3.63) is 70.3 Å². The van der Waals surface area contributed by atoms with Crippen molar-refractivity contribution >= 4 is 5.97 Å². The fourth-order valence-corrected chi connectivity index (χ4v) is 6.53. The molecule has 0 radical (unpaired) electrons. The molecule has 4 aromatic rings. The van der Waals surface area contributed by atoms with Crippen LogP contribution in [0.2, 0.25) is 0 Å². The molecule has 2 aromatic heterocycles. The lowest BCUT2D eigenvalue weighted by atomic mass is 9.80. The predicted molar refractivity (Wildman–Crippen MR) is 151 cm³/mol. The summed E-state index contributed by atoms with van der Waals surface area (Å²) < 4.78 is 53.8. The third-order valence-electron chi connectivity index (χ3n) is 8.79. The van der Waals surface area contributed by atoms with Gasteiger partial charge in [-0.15, -0.1) is 0 Å². The van der Waals surface area contributed by atoms with Crippen LogP contribution in [0.25, 0.3) is 34.0 Å². The van der Waals surface area contributed by atoms with Gasteiger partial charge in [-0.05, 0) is 68.3 Å². The summed E-state index contributed by atoms with van der Waals surface area (Å²) in [7, 11) is 0. The second kappa shape index (κ2) is 10.9. The van der Waals surface area contributed by atoms with Crippen molar-refractivity contribution in [3.63, 3.8) is 0 Å². The van der Waals surface area contributed by atoms with Crippen molar-refractivity contribution in [2.24, 2.45) is 5.92 Å². The lowest BCUT2D eigenvalue weighted by Gasteiger charge is -2.38. The van der Waals surface area contributed by atoms with Crippen molar-refractivity contribution in [2.75, 3.05) is 19.6 Å². The Morgan fingerprint density at radius 3 is 2.49 bits per heavy atom. The lowest BCUT2D eigenvalue weighted by molar-refractivity contribution is -0.144. The van der Waals surface area contributed by atoms with Gasteiger partial charge in [-0.3, -0.25) is 9.69 Å². The monoisotopic (exact) mass is 595 g/mol. The van der Waals surface area contributed by atoms with Crippen LogP contribution < -0.4 is 0 Å². The van der Waals surface area contributed by atoms with E-state index in [1.54, 1.807) is 18.2 Å². The highest BCUT2D eigenvalue weighted by Crippen LogP contribution is 2.47. The van der Waals surface area contributed by atoms with Gasteiger partial charge >= 0.3 is 12.1 Å². The molecular weight excluding hydrogens is 563 g/mol. The smallest absolute Gasteiger partial charge is 0.422 e. The molecule has 2 aromatic carbocycles. The topological polar surface area (TPSA) is 113 Å². The Labute approximate surface area is 246 Å². The van der Waals surface area contributed by atoms with Crippen molar-refractivity contribution in [1.29, 1.82) is 0 Å². The number of halogens is 3. The van der Waals surface area contributed by atoms with Gasteiger partial charge in [-0.25, -0.2) is 0 Å². The first-order valence-corrected chi connectivity index (χ1v) is 14.4. The van der Waals surface area contributed by atoms with E-state index >= 15 is 0 Å². The summed E-state index contributed by atoms with van der Waals surface area (Å²) >= 11 is 0. The number of aliphatic carboxylic acids is 1. The molecule has 0 saturated carbocycles. The Kier molecular flexibility index (Phi) is 7.42. The summed E-state index contributed by atoms with van der Waals surface area (Å²) in [5, 5.41) is 29.4. The Morgan fingerprint density at radius 1 is 1.07 bits per heavy atom. The zero-order valence-corrected chi connectivity index (χ0v) is 23.9. The first-order valence-electron chi connectivity index (χ1n) is 14.4. The molecule has 1 aliphatic heterocycles. The maximum Gasteiger partial charge on any atom is 0.422 e. The highest BCUT2D eigenvalue weighted by atomic mass is 19.4. The Hall–Kier alpha value is -3.96. The minimum Gasteiger partial charge on any atom is -0.481 e. The van der Waals surface area contributed by atoms with E-state index in [-0.39, 0.29) is 17.1 Å². The summed E-state index contributed by atoms with van der Waals surface area (Å²) in [4.78, 5) is 13.6. The molecule has 0 unspecified atom stereocenters. The van der Waals surface area contributed by atoms with E-state index < -0.39 is 34.9 Å². The van der Waals surface area contributed by atoms with Crippen molar-refractivity contribution in [2.45, 2.75) is 57.7 Å². The predicted octanol–water partition coefficient (Wildman–Crippen LogP) is 6.48. The Morgan fingerprint density at radius 2 is 1.79 bits per heavy atom.